The molecular weight excluding hydrogens is 386 g/mol. The Morgan fingerprint density at radius 3 is 2.13 bits per heavy atom. The number of ether oxygens (including phenoxy) is 1. The second-order valence-electron chi connectivity index (χ2n) is 7.05. The summed E-state index contributed by atoms with van der Waals surface area (Å²) < 4.78 is 5.07. The summed E-state index contributed by atoms with van der Waals surface area (Å²) in [6.45, 7) is 3.04. The Morgan fingerprint density at radius 1 is 0.933 bits per heavy atom. The lowest BCUT2D eigenvalue weighted by Gasteiger charge is -2.20. The molecule has 0 heterocycles. The van der Waals surface area contributed by atoms with Crippen LogP contribution in [0.2, 0.25) is 0 Å². The Hall–Kier alpha value is -3.68. The first kappa shape index (κ1) is 22.6. The quantitative estimate of drug-likeness (QED) is 0.541. The van der Waals surface area contributed by atoms with Crippen LogP contribution >= 0.6 is 0 Å². The fourth-order valence-corrected chi connectivity index (χ4v) is 2.64. The molecule has 0 aromatic heterocycles. The highest BCUT2D eigenvalue weighted by atomic mass is 16.5. The van der Waals surface area contributed by atoms with E-state index in [4.69, 9.17) is 10.5 Å². The van der Waals surface area contributed by atoms with Crippen LogP contribution in [0, 0.1) is 5.92 Å². The van der Waals surface area contributed by atoms with Crippen LogP contribution in [0.1, 0.15) is 29.8 Å². The normalized spacial score (nSPS) is 11.4. The van der Waals surface area contributed by atoms with E-state index in [0.29, 0.717) is 11.3 Å². The molecule has 0 unspecified atom stereocenters. The molecule has 2 aromatic rings. The molecule has 0 aliphatic rings. The van der Waals surface area contributed by atoms with Gasteiger partial charge in [-0.1, -0.05) is 44.2 Å². The highest BCUT2D eigenvalue weighted by molar-refractivity contribution is 5.96. The van der Waals surface area contributed by atoms with Gasteiger partial charge in [-0.25, -0.2) is 4.79 Å². The predicted molar refractivity (Wildman–Crippen MR) is 111 cm³/mol. The number of benzene rings is 2. The smallest absolute Gasteiger partial charge is 0.329 e. The average Bonchev–Trinajstić information content (AvgIpc) is 2.71. The van der Waals surface area contributed by atoms with Crippen LogP contribution in [-0.4, -0.2) is 36.3 Å². The number of hydrogen-bond acceptors (Lipinski definition) is 5. The highest BCUT2D eigenvalue weighted by Gasteiger charge is 2.26. The van der Waals surface area contributed by atoms with Crippen LogP contribution in [0.3, 0.4) is 0 Å². The summed E-state index contributed by atoms with van der Waals surface area (Å²) in [4.78, 5) is 47.7. The molecule has 0 aliphatic heterocycles. The fraction of sp³-hybridized carbons (Fsp3) is 0.273. The van der Waals surface area contributed by atoms with Crippen molar-refractivity contribution in [3.05, 3.63) is 65.7 Å². The van der Waals surface area contributed by atoms with Gasteiger partial charge in [0.15, 0.2) is 6.61 Å². The Kier molecular flexibility index (Phi) is 8.10. The number of carbonyl (C=O) groups excluding carboxylic acids is 4. The fourth-order valence-electron chi connectivity index (χ4n) is 2.64. The van der Waals surface area contributed by atoms with Gasteiger partial charge in [0.05, 0.1) is 6.42 Å². The molecule has 3 amide bonds. The molecule has 0 bridgehead atoms. The lowest BCUT2D eigenvalue weighted by atomic mass is 10.0. The molecule has 1 atom stereocenters. The number of carbonyl (C=O) groups is 4. The van der Waals surface area contributed by atoms with Gasteiger partial charge in [0.1, 0.15) is 6.04 Å². The van der Waals surface area contributed by atoms with E-state index in [2.05, 4.69) is 10.6 Å². The van der Waals surface area contributed by atoms with Crippen molar-refractivity contribution in [2.45, 2.75) is 26.3 Å². The molecule has 4 N–H and O–H groups in total. The van der Waals surface area contributed by atoms with Crippen molar-refractivity contribution in [2.24, 2.45) is 11.7 Å². The van der Waals surface area contributed by atoms with Gasteiger partial charge >= 0.3 is 5.97 Å². The summed E-state index contributed by atoms with van der Waals surface area (Å²) in [6, 6.07) is 14.3. The third-order valence-corrected chi connectivity index (χ3v) is 4.24. The zero-order chi connectivity index (χ0) is 22.1. The third-order valence-electron chi connectivity index (χ3n) is 4.24. The van der Waals surface area contributed by atoms with Crippen molar-refractivity contribution in [3.63, 3.8) is 0 Å². The van der Waals surface area contributed by atoms with Gasteiger partial charge in [-0.05, 0) is 35.7 Å². The van der Waals surface area contributed by atoms with Crippen molar-refractivity contribution in [3.8, 4) is 0 Å². The molecule has 0 radical (unpaired) electrons. The molecule has 0 spiro atoms. The number of nitrogens with one attached hydrogen (secondary N) is 2. The number of anilines is 1. The maximum absolute atomic E-state index is 12.4. The van der Waals surface area contributed by atoms with Gasteiger partial charge in [0.2, 0.25) is 11.8 Å². The zero-order valence-corrected chi connectivity index (χ0v) is 16.9. The highest BCUT2D eigenvalue weighted by Crippen LogP contribution is 2.10. The number of primary amides is 1. The summed E-state index contributed by atoms with van der Waals surface area (Å²) in [5, 5.41) is 5.22. The molecule has 30 heavy (non-hydrogen) atoms. The maximum Gasteiger partial charge on any atom is 0.329 e. The minimum absolute atomic E-state index is 0.138. The summed E-state index contributed by atoms with van der Waals surface area (Å²) >= 11 is 0. The molecule has 0 saturated heterocycles. The van der Waals surface area contributed by atoms with Crippen molar-refractivity contribution >= 4 is 29.4 Å². The predicted octanol–water partition coefficient (Wildman–Crippen LogP) is 1.65. The Morgan fingerprint density at radius 2 is 1.57 bits per heavy atom. The Balaban J connectivity index is 1.85. The second-order valence-corrected chi connectivity index (χ2v) is 7.05. The summed E-state index contributed by atoms with van der Waals surface area (Å²) in [7, 11) is 0. The number of nitrogens with two attached hydrogens (primary N) is 1. The summed E-state index contributed by atoms with van der Waals surface area (Å²) in [5.74, 6) is -2.34. The van der Waals surface area contributed by atoms with Gasteiger partial charge in [0, 0.05) is 11.3 Å². The first-order valence-electron chi connectivity index (χ1n) is 9.46. The number of esters is 1. The van der Waals surface area contributed by atoms with Crippen LogP contribution in [0.5, 0.6) is 0 Å². The molecule has 2 aromatic carbocycles. The number of hydrogen-bond donors (Lipinski definition) is 3. The molecule has 8 heteroatoms. The van der Waals surface area contributed by atoms with Crippen molar-refractivity contribution in [1.82, 2.24) is 5.32 Å². The van der Waals surface area contributed by atoms with Crippen LogP contribution in [0.15, 0.2) is 54.6 Å². The van der Waals surface area contributed by atoms with Gasteiger partial charge in [-0.3, -0.25) is 14.4 Å². The molecule has 8 nitrogen and oxygen atoms in total. The van der Waals surface area contributed by atoms with Gasteiger partial charge < -0.3 is 21.1 Å². The van der Waals surface area contributed by atoms with E-state index in [1.807, 2.05) is 30.3 Å². The molecule has 158 valence electrons. The number of rotatable bonds is 9. The van der Waals surface area contributed by atoms with Crippen molar-refractivity contribution in [1.29, 1.82) is 0 Å². The van der Waals surface area contributed by atoms with Crippen molar-refractivity contribution < 1.29 is 23.9 Å². The monoisotopic (exact) mass is 411 g/mol. The van der Waals surface area contributed by atoms with E-state index in [-0.39, 0.29) is 18.2 Å². The summed E-state index contributed by atoms with van der Waals surface area (Å²) in [5.41, 5.74) is 6.73. The maximum atomic E-state index is 12.4. The first-order chi connectivity index (χ1) is 14.3. The Bertz CT molecular complexity index is 895. The zero-order valence-electron chi connectivity index (χ0n) is 16.9. The van der Waals surface area contributed by atoms with E-state index >= 15 is 0 Å². The minimum Gasteiger partial charge on any atom is -0.454 e. The van der Waals surface area contributed by atoms with Crippen molar-refractivity contribution in [2.75, 3.05) is 11.9 Å². The second kappa shape index (κ2) is 10.8. The lowest BCUT2D eigenvalue weighted by Crippen LogP contribution is -2.46. The van der Waals surface area contributed by atoms with E-state index in [1.165, 1.54) is 24.3 Å². The van der Waals surface area contributed by atoms with Crippen LogP contribution in [-0.2, 0) is 25.5 Å². The molecule has 0 aliphatic carbocycles. The molecule has 0 fully saturated rings. The number of amides is 3. The van der Waals surface area contributed by atoms with E-state index < -0.39 is 30.4 Å². The molecular formula is C22H25N3O5. The van der Waals surface area contributed by atoms with Crippen LogP contribution in [0.25, 0.3) is 0 Å². The summed E-state index contributed by atoms with van der Waals surface area (Å²) in [6.07, 6.45) is 0.138. The van der Waals surface area contributed by atoms with Gasteiger partial charge in [0.25, 0.3) is 5.91 Å². The SMILES string of the molecule is CC(C)[C@H](NC(=O)Cc1ccccc1)C(=O)OCC(=O)Nc1ccc(C(N)=O)cc1. The first-order valence-corrected chi connectivity index (χ1v) is 9.46. The van der Waals surface area contributed by atoms with E-state index in [0.717, 1.165) is 5.56 Å². The van der Waals surface area contributed by atoms with Gasteiger partial charge in [-0.15, -0.1) is 0 Å². The average molecular weight is 411 g/mol. The largest absolute Gasteiger partial charge is 0.454 e. The minimum atomic E-state index is -0.871. The standard InChI is InChI=1S/C22H25N3O5/c1-14(2)20(25-18(26)12-15-6-4-3-5-7-15)22(29)30-13-19(27)24-17-10-8-16(9-11-17)21(23)28/h3-11,14,20H,12-13H2,1-2H3,(H2,23,28)(H,24,27)(H,25,26)/t20-/m0/s1. The van der Waals surface area contributed by atoms with Gasteiger partial charge in [-0.2, -0.15) is 0 Å². The van der Waals surface area contributed by atoms with E-state index in [1.54, 1.807) is 13.8 Å². The topological polar surface area (TPSA) is 128 Å². The van der Waals surface area contributed by atoms with Crippen LogP contribution < -0.4 is 16.4 Å². The van der Waals surface area contributed by atoms with Crippen LogP contribution in [0.4, 0.5) is 5.69 Å². The third kappa shape index (κ3) is 7.05. The molecule has 0 saturated carbocycles. The van der Waals surface area contributed by atoms with E-state index in [9.17, 15) is 19.2 Å². The lowest BCUT2D eigenvalue weighted by molar-refractivity contribution is -0.151. The molecule has 2 rings (SSSR count). The Labute approximate surface area is 174 Å².